The van der Waals surface area contributed by atoms with E-state index in [2.05, 4.69) is 10.2 Å². The van der Waals surface area contributed by atoms with Crippen molar-refractivity contribution in [1.29, 1.82) is 0 Å². The van der Waals surface area contributed by atoms with Crippen molar-refractivity contribution in [1.82, 2.24) is 5.48 Å². The predicted molar refractivity (Wildman–Crippen MR) is 58.8 cm³/mol. The Morgan fingerprint density at radius 1 is 1.27 bits per heavy atom. The van der Waals surface area contributed by atoms with E-state index in [1.54, 1.807) is 19.2 Å². The highest BCUT2D eigenvalue weighted by Gasteiger charge is 2.00. The number of benzene rings is 1. The van der Waals surface area contributed by atoms with Gasteiger partial charge in [0.2, 0.25) is 10.0 Å². The number of rotatable bonds is 5. The Bertz CT molecular complexity index is 400. The quantitative estimate of drug-likeness (QED) is 0.731. The molecule has 0 atom stereocenters. The average molecular weight is 230 g/mol. The summed E-state index contributed by atoms with van der Waals surface area (Å²) in [6.45, 7) is 0.579. The highest BCUT2D eigenvalue weighted by Crippen LogP contribution is 2.10. The van der Waals surface area contributed by atoms with Gasteiger partial charge in [-0.25, -0.2) is 8.42 Å². The molecule has 6 heteroatoms. The molecule has 1 aromatic carbocycles. The lowest BCUT2D eigenvalue weighted by Gasteiger charge is -2.05. The molecule has 0 saturated carbocycles. The van der Waals surface area contributed by atoms with Crippen molar-refractivity contribution in [2.24, 2.45) is 0 Å². The molecular formula is C9H14N2O3S. The molecule has 0 heterocycles. The van der Waals surface area contributed by atoms with Crippen LogP contribution in [0.15, 0.2) is 24.3 Å². The number of hydrogen-bond donors (Lipinski definition) is 2. The van der Waals surface area contributed by atoms with E-state index in [1.165, 1.54) is 0 Å². The highest BCUT2D eigenvalue weighted by molar-refractivity contribution is 7.92. The molecule has 5 nitrogen and oxygen atoms in total. The Balaban J connectivity index is 2.64. The predicted octanol–water partition coefficient (Wildman–Crippen LogP) is 0.709. The van der Waals surface area contributed by atoms with Crippen LogP contribution in [0, 0.1) is 0 Å². The minimum Gasteiger partial charge on any atom is -0.305 e. The fourth-order valence-corrected chi connectivity index (χ4v) is 1.62. The van der Waals surface area contributed by atoms with E-state index < -0.39 is 10.0 Å². The Hall–Kier alpha value is -1.11. The SMILES string of the molecule is CONCc1ccc(NS(C)(=O)=O)cc1. The zero-order valence-electron chi connectivity index (χ0n) is 8.65. The monoisotopic (exact) mass is 230 g/mol. The van der Waals surface area contributed by atoms with Crippen LogP contribution in [0.3, 0.4) is 0 Å². The molecule has 0 aliphatic heterocycles. The summed E-state index contributed by atoms with van der Waals surface area (Å²) in [5.41, 5.74) is 4.26. The van der Waals surface area contributed by atoms with E-state index in [9.17, 15) is 8.42 Å². The van der Waals surface area contributed by atoms with Gasteiger partial charge in [-0.3, -0.25) is 4.72 Å². The van der Waals surface area contributed by atoms with Gasteiger partial charge in [0.05, 0.1) is 13.4 Å². The summed E-state index contributed by atoms with van der Waals surface area (Å²) in [5.74, 6) is 0. The Morgan fingerprint density at radius 3 is 2.33 bits per heavy atom. The number of sulfonamides is 1. The number of hydroxylamine groups is 1. The molecule has 0 unspecified atom stereocenters. The Morgan fingerprint density at radius 2 is 1.87 bits per heavy atom. The molecule has 1 rings (SSSR count). The Labute approximate surface area is 89.5 Å². The molecule has 15 heavy (non-hydrogen) atoms. The van der Waals surface area contributed by atoms with Crippen molar-refractivity contribution in [2.75, 3.05) is 18.1 Å². The van der Waals surface area contributed by atoms with Gasteiger partial charge < -0.3 is 4.84 Å². The van der Waals surface area contributed by atoms with Gasteiger partial charge in [0.15, 0.2) is 0 Å². The smallest absolute Gasteiger partial charge is 0.229 e. The van der Waals surface area contributed by atoms with Gasteiger partial charge in [-0.05, 0) is 17.7 Å². The van der Waals surface area contributed by atoms with Crippen LogP contribution in [-0.2, 0) is 21.4 Å². The van der Waals surface area contributed by atoms with Gasteiger partial charge in [-0.15, -0.1) is 0 Å². The molecule has 0 aromatic heterocycles. The lowest BCUT2D eigenvalue weighted by Crippen LogP contribution is -2.11. The summed E-state index contributed by atoms with van der Waals surface area (Å²) in [4.78, 5) is 4.70. The summed E-state index contributed by atoms with van der Waals surface area (Å²) in [5, 5.41) is 0. The number of nitrogens with one attached hydrogen (secondary N) is 2. The van der Waals surface area contributed by atoms with Crippen LogP contribution in [0.1, 0.15) is 5.56 Å². The molecule has 2 N–H and O–H groups in total. The maximum Gasteiger partial charge on any atom is 0.229 e. The molecule has 0 spiro atoms. The third-order valence-corrected chi connectivity index (χ3v) is 2.28. The molecule has 1 aromatic rings. The van der Waals surface area contributed by atoms with E-state index in [0.29, 0.717) is 12.2 Å². The summed E-state index contributed by atoms with van der Waals surface area (Å²) in [6.07, 6.45) is 1.12. The van der Waals surface area contributed by atoms with Crippen molar-refractivity contribution in [3.8, 4) is 0 Å². The lowest BCUT2D eigenvalue weighted by atomic mass is 10.2. The van der Waals surface area contributed by atoms with E-state index in [4.69, 9.17) is 4.84 Å². The summed E-state index contributed by atoms with van der Waals surface area (Å²) >= 11 is 0. The van der Waals surface area contributed by atoms with Crippen molar-refractivity contribution in [3.05, 3.63) is 29.8 Å². The molecule has 0 aliphatic rings. The van der Waals surface area contributed by atoms with Gasteiger partial charge >= 0.3 is 0 Å². The highest BCUT2D eigenvalue weighted by atomic mass is 32.2. The first-order chi connectivity index (χ1) is 7.01. The minimum absolute atomic E-state index is 0.554. The number of hydrogen-bond acceptors (Lipinski definition) is 4. The van der Waals surface area contributed by atoms with Crippen LogP contribution in [-0.4, -0.2) is 21.8 Å². The largest absolute Gasteiger partial charge is 0.305 e. The molecular weight excluding hydrogens is 216 g/mol. The van der Waals surface area contributed by atoms with Gasteiger partial charge in [0.25, 0.3) is 0 Å². The third kappa shape index (κ3) is 4.78. The van der Waals surface area contributed by atoms with Crippen LogP contribution in [0.5, 0.6) is 0 Å². The first kappa shape index (κ1) is 12.0. The fourth-order valence-electron chi connectivity index (χ4n) is 1.06. The van der Waals surface area contributed by atoms with Crippen LogP contribution >= 0.6 is 0 Å². The van der Waals surface area contributed by atoms with E-state index in [0.717, 1.165) is 11.8 Å². The summed E-state index contributed by atoms with van der Waals surface area (Å²) in [7, 11) is -1.66. The maximum absolute atomic E-state index is 10.9. The maximum atomic E-state index is 10.9. The first-order valence-corrected chi connectivity index (χ1v) is 6.23. The van der Waals surface area contributed by atoms with Crippen LogP contribution in [0.4, 0.5) is 5.69 Å². The normalized spacial score (nSPS) is 11.3. The molecule has 84 valence electrons. The molecule has 0 radical (unpaired) electrons. The second kappa shape index (κ2) is 5.11. The van der Waals surface area contributed by atoms with Crippen LogP contribution in [0.25, 0.3) is 0 Å². The molecule has 0 saturated heterocycles. The van der Waals surface area contributed by atoms with Crippen molar-refractivity contribution in [2.45, 2.75) is 6.54 Å². The third-order valence-electron chi connectivity index (χ3n) is 1.68. The van der Waals surface area contributed by atoms with Gasteiger partial charge in [0.1, 0.15) is 0 Å². The molecule has 0 bridgehead atoms. The standard InChI is InChI=1S/C9H14N2O3S/c1-14-10-7-8-3-5-9(6-4-8)11-15(2,12)13/h3-6,10-11H,7H2,1-2H3. The van der Waals surface area contributed by atoms with Gasteiger partial charge in [-0.2, -0.15) is 5.48 Å². The average Bonchev–Trinajstić information content (AvgIpc) is 2.14. The minimum atomic E-state index is -3.20. The van der Waals surface area contributed by atoms with Crippen LogP contribution < -0.4 is 10.2 Å². The zero-order chi connectivity index (χ0) is 11.3. The fraction of sp³-hybridized carbons (Fsp3) is 0.333. The summed E-state index contributed by atoms with van der Waals surface area (Å²) < 4.78 is 24.2. The van der Waals surface area contributed by atoms with E-state index in [-0.39, 0.29) is 0 Å². The van der Waals surface area contributed by atoms with Crippen molar-refractivity contribution >= 4 is 15.7 Å². The topological polar surface area (TPSA) is 67.4 Å². The second-order valence-corrected chi connectivity index (χ2v) is 4.84. The van der Waals surface area contributed by atoms with Gasteiger partial charge in [-0.1, -0.05) is 12.1 Å². The van der Waals surface area contributed by atoms with E-state index >= 15 is 0 Å². The summed E-state index contributed by atoms with van der Waals surface area (Å²) in [6, 6.07) is 7.04. The van der Waals surface area contributed by atoms with Gasteiger partial charge in [0, 0.05) is 12.2 Å². The molecule has 0 amide bonds. The molecule has 0 fully saturated rings. The first-order valence-electron chi connectivity index (χ1n) is 4.34. The molecule has 0 aliphatic carbocycles. The second-order valence-electron chi connectivity index (χ2n) is 3.10. The van der Waals surface area contributed by atoms with Crippen molar-refractivity contribution in [3.63, 3.8) is 0 Å². The number of anilines is 1. The van der Waals surface area contributed by atoms with E-state index in [1.807, 2.05) is 12.1 Å². The Kier molecular flexibility index (Phi) is 4.07. The van der Waals surface area contributed by atoms with Crippen molar-refractivity contribution < 1.29 is 13.3 Å². The zero-order valence-corrected chi connectivity index (χ0v) is 9.47. The van der Waals surface area contributed by atoms with Crippen LogP contribution in [0.2, 0.25) is 0 Å². The lowest BCUT2D eigenvalue weighted by molar-refractivity contribution is 0.0867.